The number of rotatable bonds is 6. The van der Waals surface area contributed by atoms with Gasteiger partial charge in [0.2, 0.25) is 11.7 Å². The Morgan fingerprint density at radius 2 is 1.80 bits per heavy atom. The second-order valence-electron chi connectivity index (χ2n) is 11.2. The highest BCUT2D eigenvalue weighted by Crippen LogP contribution is 2.56. The first-order chi connectivity index (χ1) is 18.7. The average molecular weight is 557 g/mol. The minimum atomic E-state index is -2.98. The average Bonchev–Trinajstić information content (AvgIpc) is 3.69. The van der Waals surface area contributed by atoms with Crippen LogP contribution in [0, 0.1) is 11.8 Å². The molecule has 13 nitrogen and oxygen atoms in total. The third kappa shape index (κ3) is 3.79. The molecule has 0 aromatic heterocycles. The van der Waals surface area contributed by atoms with E-state index in [1.165, 1.54) is 25.1 Å². The summed E-state index contributed by atoms with van der Waals surface area (Å²) in [6, 6.07) is 1.85. The molecular weight excluding hydrogens is 524 g/mol. The number of nitrogens with two attached hydrogens (primary N) is 1. The molecule has 1 aromatic carbocycles. The maximum Gasteiger partial charge on any atom is 0.255 e. The topological polar surface area (TPSA) is 223 Å². The van der Waals surface area contributed by atoms with E-state index in [9.17, 15) is 44.7 Å². The van der Waals surface area contributed by atoms with E-state index < -0.39 is 81.4 Å². The van der Waals surface area contributed by atoms with Gasteiger partial charge in [0, 0.05) is 17.5 Å². The van der Waals surface area contributed by atoms with Crippen molar-refractivity contribution in [2.45, 2.75) is 49.5 Å². The number of aliphatic hydroxyl groups is 4. The number of likely N-dealkylation sites (N-methyl/N-ethyl adjacent to an activating group) is 1. The predicted molar refractivity (Wildman–Crippen MR) is 139 cm³/mol. The van der Waals surface area contributed by atoms with Gasteiger partial charge in [-0.3, -0.25) is 24.1 Å². The number of carbonyl (C=O) groups is 4. The number of fused-ring (bicyclic) bond motifs is 3. The zero-order valence-corrected chi connectivity index (χ0v) is 22.1. The highest BCUT2D eigenvalue weighted by atomic mass is 16.4. The molecular formula is C27H32N4O9. The Labute approximate surface area is 229 Å². The number of nitrogens with zero attached hydrogens (tertiary/aromatic N) is 1. The molecule has 0 heterocycles. The van der Waals surface area contributed by atoms with Crippen molar-refractivity contribution in [1.82, 2.24) is 10.2 Å². The van der Waals surface area contributed by atoms with Crippen molar-refractivity contribution in [3.05, 3.63) is 45.9 Å². The van der Waals surface area contributed by atoms with Crippen LogP contribution in [0.2, 0.25) is 0 Å². The summed E-state index contributed by atoms with van der Waals surface area (Å²) in [5.74, 6) is -9.85. The van der Waals surface area contributed by atoms with Gasteiger partial charge in [-0.2, -0.15) is 0 Å². The van der Waals surface area contributed by atoms with Crippen LogP contribution in [-0.4, -0.2) is 98.2 Å². The normalized spacial score (nSPS) is 31.5. The molecule has 4 aliphatic carbocycles. The molecule has 0 radical (unpaired) electrons. The SMILES string of the molecule is C[C@@H]1c2ccc(NCC(=O)NC3CC3)c(O)c2C(=O)C2=C(O)[C@@]3(O)C(=O)C(C(N)=O)=C(O)[C@@H](N(C)C)[C@H]3[C@H](O)[C@H]21. The Morgan fingerprint density at radius 1 is 1.15 bits per heavy atom. The summed E-state index contributed by atoms with van der Waals surface area (Å²) < 4.78 is 0. The monoisotopic (exact) mass is 556 g/mol. The van der Waals surface area contributed by atoms with Crippen molar-refractivity contribution >= 4 is 29.1 Å². The van der Waals surface area contributed by atoms with E-state index in [2.05, 4.69) is 10.6 Å². The van der Waals surface area contributed by atoms with Crippen molar-refractivity contribution < 1.29 is 44.7 Å². The number of amides is 2. The van der Waals surface area contributed by atoms with Crippen molar-refractivity contribution in [2.24, 2.45) is 17.6 Å². The molecule has 0 aliphatic heterocycles. The maximum absolute atomic E-state index is 13.9. The molecule has 0 unspecified atom stereocenters. The molecule has 9 N–H and O–H groups in total. The van der Waals surface area contributed by atoms with Gasteiger partial charge in [0.1, 0.15) is 22.8 Å². The zero-order chi connectivity index (χ0) is 29.4. The third-order valence-corrected chi connectivity index (χ3v) is 8.51. The van der Waals surface area contributed by atoms with Gasteiger partial charge < -0.3 is 41.9 Å². The Bertz CT molecular complexity index is 1410. The smallest absolute Gasteiger partial charge is 0.255 e. The molecule has 40 heavy (non-hydrogen) atoms. The lowest BCUT2D eigenvalue weighted by Crippen LogP contribution is -2.68. The number of hydrogen-bond acceptors (Lipinski definition) is 11. The number of ketones is 2. The fourth-order valence-corrected chi connectivity index (χ4v) is 6.45. The number of aromatic hydroxyl groups is 1. The van der Waals surface area contributed by atoms with Gasteiger partial charge in [-0.1, -0.05) is 13.0 Å². The van der Waals surface area contributed by atoms with E-state index in [0.717, 1.165) is 12.8 Å². The van der Waals surface area contributed by atoms with Crippen LogP contribution in [0.5, 0.6) is 5.75 Å². The fourth-order valence-electron chi connectivity index (χ4n) is 6.45. The Kier molecular flexibility index (Phi) is 6.44. The molecule has 5 rings (SSSR count). The summed E-state index contributed by atoms with van der Waals surface area (Å²) in [5.41, 5.74) is 1.08. The number of aliphatic hydroxyl groups excluding tert-OH is 3. The molecule has 1 saturated carbocycles. The number of anilines is 1. The number of benzene rings is 1. The van der Waals surface area contributed by atoms with E-state index in [-0.39, 0.29) is 29.7 Å². The molecule has 2 amide bonds. The molecule has 4 aliphatic rings. The van der Waals surface area contributed by atoms with Crippen LogP contribution in [0.1, 0.15) is 41.6 Å². The first kappa shape index (κ1) is 27.6. The van der Waals surface area contributed by atoms with Gasteiger partial charge in [0.15, 0.2) is 11.4 Å². The van der Waals surface area contributed by atoms with Gasteiger partial charge in [-0.05, 0) is 44.5 Å². The Morgan fingerprint density at radius 3 is 2.38 bits per heavy atom. The number of primary amides is 1. The largest absolute Gasteiger partial charge is 0.510 e. The Balaban J connectivity index is 1.62. The molecule has 6 atom stereocenters. The number of carbonyl (C=O) groups excluding carboxylic acids is 4. The lowest BCUT2D eigenvalue weighted by molar-refractivity contribution is -0.162. The van der Waals surface area contributed by atoms with E-state index in [4.69, 9.17) is 5.73 Å². The molecule has 0 spiro atoms. The second kappa shape index (κ2) is 9.32. The number of hydrogen-bond donors (Lipinski definition) is 8. The minimum absolute atomic E-state index is 0.0713. The number of nitrogens with one attached hydrogen (secondary N) is 2. The standard InChI is InChI=1S/C27H32N4O9/c1-9-11-6-7-12(29-8-13(32)30-10-4-5-10)20(33)15(11)21(34)16-14(9)22(35)18-19(31(2)3)23(36)17(26(28)39)25(38)27(18,40)24(16)37/h6-7,9-10,14,18-19,22,29,33,35-37,40H,4-5,8H2,1-3H3,(H2,28,39)(H,30,32)/t9-,14+,18+,19+,22-,27-/m1/s1. The van der Waals surface area contributed by atoms with Crippen LogP contribution >= 0.6 is 0 Å². The Hall–Kier alpha value is -3.94. The molecule has 13 heteroatoms. The molecule has 0 bridgehead atoms. The van der Waals surface area contributed by atoms with Crippen LogP contribution in [0.4, 0.5) is 5.69 Å². The van der Waals surface area contributed by atoms with Crippen molar-refractivity contribution in [3.63, 3.8) is 0 Å². The minimum Gasteiger partial charge on any atom is -0.510 e. The summed E-state index contributed by atoms with van der Waals surface area (Å²) in [4.78, 5) is 52.9. The predicted octanol–water partition coefficient (Wildman–Crippen LogP) is -0.657. The van der Waals surface area contributed by atoms with Gasteiger partial charge in [-0.15, -0.1) is 0 Å². The van der Waals surface area contributed by atoms with Crippen LogP contribution < -0.4 is 16.4 Å². The summed E-state index contributed by atoms with van der Waals surface area (Å²) in [6.45, 7) is 1.47. The van der Waals surface area contributed by atoms with Crippen molar-refractivity contribution in [2.75, 3.05) is 26.0 Å². The number of Topliss-reactive ketones (excluding diaryl/α,β-unsaturated/α-hetero) is 2. The highest BCUT2D eigenvalue weighted by molar-refractivity contribution is 6.25. The van der Waals surface area contributed by atoms with Crippen molar-refractivity contribution in [1.29, 1.82) is 0 Å². The lowest BCUT2D eigenvalue weighted by atomic mass is 9.55. The molecule has 214 valence electrons. The summed E-state index contributed by atoms with van der Waals surface area (Å²) >= 11 is 0. The highest BCUT2D eigenvalue weighted by Gasteiger charge is 2.67. The van der Waals surface area contributed by atoms with Crippen LogP contribution in [0.25, 0.3) is 0 Å². The summed E-state index contributed by atoms with van der Waals surface area (Å²) in [5, 5.41) is 62.3. The van der Waals surface area contributed by atoms with Crippen LogP contribution in [0.15, 0.2) is 34.8 Å². The quantitative estimate of drug-likeness (QED) is 0.162. The molecule has 0 saturated heterocycles. The third-order valence-electron chi connectivity index (χ3n) is 8.51. The number of phenolic OH excluding ortho intramolecular Hbond substituents is 1. The van der Waals surface area contributed by atoms with Crippen LogP contribution in [-0.2, 0) is 14.4 Å². The first-order valence-corrected chi connectivity index (χ1v) is 12.9. The van der Waals surface area contributed by atoms with E-state index >= 15 is 0 Å². The molecule has 1 aromatic rings. The first-order valence-electron chi connectivity index (χ1n) is 12.9. The van der Waals surface area contributed by atoms with Crippen LogP contribution in [0.3, 0.4) is 0 Å². The van der Waals surface area contributed by atoms with Crippen molar-refractivity contribution in [3.8, 4) is 5.75 Å². The number of phenols is 1. The summed E-state index contributed by atoms with van der Waals surface area (Å²) in [6.07, 6.45) is 0.131. The van der Waals surface area contributed by atoms with Gasteiger partial charge in [0.05, 0.1) is 35.9 Å². The second-order valence-corrected chi connectivity index (χ2v) is 11.2. The zero-order valence-electron chi connectivity index (χ0n) is 22.1. The van der Waals surface area contributed by atoms with Gasteiger partial charge in [-0.25, -0.2) is 0 Å². The fraction of sp³-hybridized carbons (Fsp3) is 0.481. The lowest BCUT2D eigenvalue weighted by Gasteiger charge is -2.53. The summed E-state index contributed by atoms with van der Waals surface area (Å²) in [7, 11) is 2.95. The van der Waals surface area contributed by atoms with E-state index in [1.807, 2.05) is 0 Å². The maximum atomic E-state index is 13.9. The molecule has 1 fully saturated rings. The van der Waals surface area contributed by atoms with Gasteiger partial charge >= 0.3 is 0 Å². The van der Waals surface area contributed by atoms with Gasteiger partial charge in [0.25, 0.3) is 5.91 Å². The van der Waals surface area contributed by atoms with E-state index in [0.29, 0.717) is 5.56 Å². The van der Waals surface area contributed by atoms with E-state index in [1.54, 1.807) is 13.0 Å².